The average Bonchev–Trinajstić information content (AvgIpc) is 2.34. The zero-order valence-corrected chi connectivity index (χ0v) is 11.6. The lowest BCUT2D eigenvalue weighted by Crippen LogP contribution is -2.11. The summed E-state index contributed by atoms with van der Waals surface area (Å²) in [6.45, 7) is 3.34. The molecule has 19 heavy (non-hydrogen) atoms. The molecular formula is C14H21NO4. The predicted octanol–water partition coefficient (Wildman–Crippen LogP) is 1.94. The first-order valence-electron chi connectivity index (χ1n) is 6.24. The maximum absolute atomic E-state index is 11.2. The number of benzene rings is 1. The molecule has 0 aliphatic heterocycles. The molecule has 5 nitrogen and oxygen atoms in total. The second kappa shape index (κ2) is 7.76. The van der Waals surface area contributed by atoms with Crippen molar-refractivity contribution in [2.75, 3.05) is 19.2 Å². The Labute approximate surface area is 113 Å². The zero-order chi connectivity index (χ0) is 14.3. The van der Waals surface area contributed by atoms with E-state index in [9.17, 15) is 9.90 Å². The normalized spacial score (nSPS) is 12.0. The lowest BCUT2D eigenvalue weighted by atomic mass is 10.0. The summed E-state index contributed by atoms with van der Waals surface area (Å²) in [6, 6.07) is 5.45. The molecule has 0 aliphatic carbocycles. The van der Waals surface area contributed by atoms with Crippen molar-refractivity contribution >= 4 is 11.6 Å². The maximum Gasteiger partial charge on any atom is 0.221 e. The molecule has 0 aromatic heterocycles. The zero-order valence-electron chi connectivity index (χ0n) is 11.6. The van der Waals surface area contributed by atoms with E-state index >= 15 is 0 Å². The predicted molar refractivity (Wildman–Crippen MR) is 73.3 cm³/mol. The van der Waals surface area contributed by atoms with Crippen LogP contribution in [0.5, 0.6) is 5.75 Å². The van der Waals surface area contributed by atoms with E-state index < -0.39 is 6.10 Å². The van der Waals surface area contributed by atoms with Gasteiger partial charge in [0.25, 0.3) is 0 Å². The van der Waals surface area contributed by atoms with E-state index in [1.165, 1.54) is 6.92 Å². The van der Waals surface area contributed by atoms with Crippen LogP contribution in [-0.4, -0.2) is 31.0 Å². The number of hydrogen-bond acceptors (Lipinski definition) is 4. The molecule has 0 radical (unpaired) electrons. The van der Waals surface area contributed by atoms with Crippen molar-refractivity contribution in [3.63, 3.8) is 0 Å². The summed E-state index contributed by atoms with van der Waals surface area (Å²) in [7, 11) is 1.55. The molecular weight excluding hydrogens is 246 g/mol. The molecule has 0 spiro atoms. The summed E-state index contributed by atoms with van der Waals surface area (Å²) in [4.78, 5) is 11.2. The van der Waals surface area contributed by atoms with E-state index in [2.05, 4.69) is 5.32 Å². The number of ether oxygens (including phenoxy) is 2. The van der Waals surface area contributed by atoms with Crippen LogP contribution in [0.2, 0.25) is 0 Å². The van der Waals surface area contributed by atoms with Gasteiger partial charge in [-0.25, -0.2) is 0 Å². The number of rotatable bonds is 7. The number of aliphatic hydroxyl groups excluding tert-OH is 1. The largest absolute Gasteiger partial charge is 0.467 e. The lowest BCUT2D eigenvalue weighted by molar-refractivity contribution is -0.114. The van der Waals surface area contributed by atoms with E-state index in [-0.39, 0.29) is 12.7 Å². The summed E-state index contributed by atoms with van der Waals surface area (Å²) in [5.74, 6) is 0.524. The summed E-state index contributed by atoms with van der Waals surface area (Å²) < 4.78 is 10.4. The molecule has 5 heteroatoms. The minimum Gasteiger partial charge on any atom is -0.467 e. The minimum absolute atomic E-state index is 0.137. The smallest absolute Gasteiger partial charge is 0.221 e. The first-order valence-corrected chi connectivity index (χ1v) is 6.24. The number of anilines is 1. The molecule has 106 valence electrons. The first-order chi connectivity index (χ1) is 9.04. The second-order valence-electron chi connectivity index (χ2n) is 4.40. The van der Waals surface area contributed by atoms with Crippen molar-refractivity contribution in [3.8, 4) is 5.75 Å². The Kier molecular flexibility index (Phi) is 6.32. The summed E-state index contributed by atoms with van der Waals surface area (Å²) in [6.07, 6.45) is 0.813. The van der Waals surface area contributed by atoms with Gasteiger partial charge in [0, 0.05) is 25.3 Å². The van der Waals surface area contributed by atoms with Crippen LogP contribution in [0.15, 0.2) is 18.2 Å². The van der Waals surface area contributed by atoms with Gasteiger partial charge in [-0.2, -0.15) is 0 Å². The van der Waals surface area contributed by atoms with Gasteiger partial charge < -0.3 is 19.9 Å². The summed E-state index contributed by atoms with van der Waals surface area (Å²) >= 11 is 0. The summed E-state index contributed by atoms with van der Waals surface area (Å²) in [5, 5.41) is 12.2. The third-order valence-corrected chi connectivity index (χ3v) is 2.59. The number of hydrogen-bond donors (Lipinski definition) is 2. The maximum atomic E-state index is 11.2. The fourth-order valence-corrected chi connectivity index (χ4v) is 1.74. The SMILES string of the molecule is COCOc1cccc(NC(C)=O)c1CCC(C)O. The van der Waals surface area contributed by atoms with E-state index in [4.69, 9.17) is 9.47 Å². The van der Waals surface area contributed by atoms with Crippen molar-refractivity contribution in [1.82, 2.24) is 0 Å². The fourth-order valence-electron chi connectivity index (χ4n) is 1.74. The molecule has 1 amide bonds. The van der Waals surface area contributed by atoms with Crippen LogP contribution in [0.3, 0.4) is 0 Å². The number of methoxy groups -OCH3 is 1. The molecule has 1 unspecified atom stereocenters. The molecule has 2 N–H and O–H groups in total. The van der Waals surface area contributed by atoms with Gasteiger partial charge >= 0.3 is 0 Å². The van der Waals surface area contributed by atoms with Crippen LogP contribution < -0.4 is 10.1 Å². The fraction of sp³-hybridized carbons (Fsp3) is 0.500. The lowest BCUT2D eigenvalue weighted by Gasteiger charge is -2.16. The van der Waals surface area contributed by atoms with Gasteiger partial charge in [0.05, 0.1) is 6.10 Å². The highest BCUT2D eigenvalue weighted by molar-refractivity contribution is 5.90. The molecule has 0 bridgehead atoms. The topological polar surface area (TPSA) is 67.8 Å². The molecule has 0 aliphatic rings. The van der Waals surface area contributed by atoms with Crippen molar-refractivity contribution < 1.29 is 19.4 Å². The van der Waals surface area contributed by atoms with E-state index in [0.717, 1.165) is 5.56 Å². The van der Waals surface area contributed by atoms with Crippen LogP contribution >= 0.6 is 0 Å². The average molecular weight is 267 g/mol. The van der Waals surface area contributed by atoms with Gasteiger partial charge in [-0.3, -0.25) is 4.79 Å². The van der Waals surface area contributed by atoms with Gasteiger partial charge in [0.1, 0.15) is 5.75 Å². The Balaban J connectivity index is 2.97. The van der Waals surface area contributed by atoms with E-state index in [1.54, 1.807) is 14.0 Å². The third-order valence-electron chi connectivity index (χ3n) is 2.59. The molecule has 1 atom stereocenters. The van der Waals surface area contributed by atoms with Crippen LogP contribution in [0.25, 0.3) is 0 Å². The highest BCUT2D eigenvalue weighted by atomic mass is 16.7. The molecule has 1 aromatic rings. The van der Waals surface area contributed by atoms with Crippen LogP contribution in [0, 0.1) is 0 Å². The number of carbonyl (C=O) groups is 1. The molecule has 0 heterocycles. The highest BCUT2D eigenvalue weighted by Crippen LogP contribution is 2.28. The number of amides is 1. The Morgan fingerprint density at radius 2 is 2.21 bits per heavy atom. The van der Waals surface area contributed by atoms with Crippen molar-refractivity contribution in [3.05, 3.63) is 23.8 Å². The monoisotopic (exact) mass is 267 g/mol. The Morgan fingerprint density at radius 1 is 1.47 bits per heavy atom. The molecule has 0 fully saturated rings. The highest BCUT2D eigenvalue weighted by Gasteiger charge is 2.11. The van der Waals surface area contributed by atoms with Gasteiger partial charge in [-0.1, -0.05) is 6.07 Å². The van der Waals surface area contributed by atoms with Crippen LogP contribution in [-0.2, 0) is 16.0 Å². The molecule has 0 saturated heterocycles. The van der Waals surface area contributed by atoms with Gasteiger partial charge in [0.2, 0.25) is 5.91 Å². The standard InChI is InChI=1S/C14H21NO4/c1-10(16)7-8-12-13(15-11(2)17)5-4-6-14(12)19-9-18-3/h4-6,10,16H,7-9H2,1-3H3,(H,15,17). The Morgan fingerprint density at radius 3 is 2.79 bits per heavy atom. The molecule has 0 saturated carbocycles. The molecule has 1 aromatic carbocycles. The van der Waals surface area contributed by atoms with Crippen molar-refractivity contribution in [2.45, 2.75) is 32.8 Å². The Bertz CT molecular complexity index is 418. The minimum atomic E-state index is -0.402. The van der Waals surface area contributed by atoms with Crippen molar-refractivity contribution in [2.24, 2.45) is 0 Å². The Hall–Kier alpha value is -1.59. The van der Waals surface area contributed by atoms with E-state index in [0.29, 0.717) is 24.3 Å². The van der Waals surface area contributed by atoms with Crippen LogP contribution in [0.1, 0.15) is 25.8 Å². The quantitative estimate of drug-likeness (QED) is 0.741. The van der Waals surface area contributed by atoms with Crippen LogP contribution in [0.4, 0.5) is 5.69 Å². The van der Waals surface area contributed by atoms with Gasteiger partial charge in [0.15, 0.2) is 6.79 Å². The van der Waals surface area contributed by atoms with Gasteiger partial charge in [-0.15, -0.1) is 0 Å². The first kappa shape index (κ1) is 15.5. The number of nitrogens with one attached hydrogen (secondary N) is 1. The third kappa shape index (κ3) is 5.28. The van der Waals surface area contributed by atoms with E-state index in [1.807, 2.05) is 18.2 Å². The summed E-state index contributed by atoms with van der Waals surface area (Å²) in [5.41, 5.74) is 1.58. The molecule has 1 rings (SSSR count). The number of aliphatic hydroxyl groups is 1. The second-order valence-corrected chi connectivity index (χ2v) is 4.40. The van der Waals surface area contributed by atoms with Gasteiger partial charge in [-0.05, 0) is 31.9 Å². The number of carbonyl (C=O) groups excluding carboxylic acids is 1. The van der Waals surface area contributed by atoms with Crippen molar-refractivity contribution in [1.29, 1.82) is 0 Å².